The molecule has 0 saturated carbocycles. The van der Waals surface area contributed by atoms with Crippen LogP contribution in [0.25, 0.3) is 10.9 Å². The highest BCUT2D eigenvalue weighted by atomic mass is 35.5. The summed E-state index contributed by atoms with van der Waals surface area (Å²) in [4.78, 5) is 150. The predicted octanol–water partition coefficient (Wildman–Crippen LogP) is 7.71. The number of halogens is 1. The van der Waals surface area contributed by atoms with Crippen molar-refractivity contribution in [2.45, 2.75) is 199 Å². The average molecular weight is 1770 g/mol. The van der Waals surface area contributed by atoms with Gasteiger partial charge in [-0.2, -0.15) is 0 Å². The molecule has 35 heteroatoms. The van der Waals surface area contributed by atoms with Gasteiger partial charge in [0, 0.05) is 130 Å². The molecule has 0 aliphatic carbocycles. The number of nitrogens with one attached hydrogen (secondary N) is 5. The maximum atomic E-state index is 14.5. The Labute approximate surface area is 738 Å². The summed E-state index contributed by atoms with van der Waals surface area (Å²) in [6, 6.07) is 17.9. The maximum Gasteiger partial charge on any atom is 0.409 e. The third kappa shape index (κ3) is 33.4. The standard InChI is InChI=1S/C90H132ClN11O23/c1-59(2)71(53-69(103)32-37-117-39-41-119-43-45-121-47-46-120-44-42-118-40-38-116-36-19-22-70(104)56-95-79(106)31-35-102-68(57-99(10)93-8)52-67-21-14-15-24-73(67)102)84(109)96-72(23-17-33-94-86(92)111)75(105)51-64-27-29-65(30-28-64)58-122-88(113)98(9)34-18-26-80(107)100(11)63(6)85(110)124-78-54-81(108)101(12)74-50-66(49-61(4)82(74)91)48-60(3)20-16-25-77(115-13)90(114)55-76(123-87(112)97-90)62(5)83-89(78,7)125-83/h14-16,20-21,24-25,27-30,49-50,52,59,62-63,71-72,76-78,83,93,114H,17-19,22-23,26,31-48,51,53-58H2,1-13H3,(H,95,106)(H,96,109)(H,97,112)(H3,92,94,111)/b25-16+,60-20+/t62-,63+,71+,72+,76+,77-,78+,83?,89+,90-/m1/s1. The first-order valence-corrected chi connectivity index (χ1v) is 43.3. The van der Waals surface area contributed by atoms with Crippen LogP contribution in [0, 0.1) is 24.7 Å². The molecule has 3 aliphatic rings. The van der Waals surface area contributed by atoms with Crippen LogP contribution in [0.3, 0.4) is 0 Å². The molecule has 2 fully saturated rings. The number of aromatic nitrogens is 1. The minimum Gasteiger partial charge on any atom is -0.457 e. The second kappa shape index (κ2) is 52.1. The van der Waals surface area contributed by atoms with Crippen LogP contribution in [-0.4, -0.2) is 279 Å². The molecule has 0 radical (unpaired) electrons. The summed E-state index contributed by atoms with van der Waals surface area (Å²) in [5.41, 5.74) is 11.5. The van der Waals surface area contributed by atoms with Crippen molar-refractivity contribution in [3.63, 3.8) is 0 Å². The smallest absolute Gasteiger partial charge is 0.409 e. The number of amides is 8. The first kappa shape index (κ1) is 103. The molecule has 8 amide bonds. The van der Waals surface area contributed by atoms with E-state index in [2.05, 4.69) is 43.4 Å². The Bertz CT molecular complexity index is 4280. The highest BCUT2D eigenvalue weighted by molar-refractivity contribution is 6.34. The molecule has 2 saturated heterocycles. The monoisotopic (exact) mass is 1770 g/mol. The summed E-state index contributed by atoms with van der Waals surface area (Å²) in [5.74, 6) is -4.57. The second-order valence-corrected chi connectivity index (χ2v) is 33.0. The van der Waals surface area contributed by atoms with E-state index in [1.54, 1.807) is 57.3 Å². The number of nitrogens with two attached hydrogens (primary N) is 1. The molecule has 4 heterocycles. The number of aryl methyl sites for hydroxylation is 2. The van der Waals surface area contributed by atoms with Gasteiger partial charge in [0.15, 0.2) is 17.3 Å². The number of primary amides is 1. The molecule has 10 atom stereocenters. The molecule has 3 aromatic carbocycles. The van der Waals surface area contributed by atoms with Gasteiger partial charge in [-0.1, -0.05) is 105 Å². The lowest BCUT2D eigenvalue weighted by molar-refractivity contribution is -0.162. The summed E-state index contributed by atoms with van der Waals surface area (Å²) in [6.45, 7) is 17.5. The van der Waals surface area contributed by atoms with E-state index < -0.39 is 102 Å². The van der Waals surface area contributed by atoms with E-state index in [9.17, 15) is 57.8 Å². The number of benzene rings is 3. The number of para-hydroxylation sites is 1. The number of alkyl carbamates (subject to hydrolysis) is 1. The van der Waals surface area contributed by atoms with Crippen LogP contribution in [0.2, 0.25) is 5.02 Å². The van der Waals surface area contributed by atoms with Crippen LogP contribution in [0.15, 0.2) is 90.5 Å². The lowest BCUT2D eigenvalue weighted by Gasteiger charge is -2.42. The van der Waals surface area contributed by atoms with Gasteiger partial charge in [0.05, 0.1) is 115 Å². The molecule has 692 valence electrons. The maximum absolute atomic E-state index is 14.5. The number of Topliss-reactive ketones (excluding diaryl/α,β-unsaturated/α-hetero) is 3. The van der Waals surface area contributed by atoms with Crippen LogP contribution < -0.4 is 37.3 Å². The SMILES string of the molecule is CNN(C)Cc1cc2ccccc2n1CCC(=O)NCC(=O)CCCOCCOCCOCCOCCOCCOCCC(=O)C[C@H](C(=O)N[C@@H](CCCNC(N)=O)C(=O)Cc1ccc(COC(=O)N(C)CCCC(=O)N(C)[C@@H](C)C(=O)O[C@H]2CC(=O)N(C)c3cc(cc(C)c3Cl)C/C(C)=C/C=C/[C@@H](OC)[C@]3(O)C[C@H](OC(=O)N3)[C@@H](C)C3O[C@]32C)cc1)C(C)C. The number of anilines is 1. The minimum absolute atomic E-state index is 0.0178. The van der Waals surface area contributed by atoms with Crippen LogP contribution in [0.1, 0.15) is 140 Å². The van der Waals surface area contributed by atoms with Gasteiger partial charge in [-0.05, 0) is 119 Å². The topological polar surface area (TPSA) is 417 Å². The summed E-state index contributed by atoms with van der Waals surface area (Å²) < 4.78 is 65.3. The van der Waals surface area contributed by atoms with Crippen LogP contribution in [0.5, 0.6) is 0 Å². The van der Waals surface area contributed by atoms with Crippen molar-refractivity contribution in [1.29, 1.82) is 0 Å². The number of epoxide rings is 1. The Balaban J connectivity index is 0.744. The van der Waals surface area contributed by atoms with Crippen LogP contribution >= 0.6 is 11.6 Å². The number of urea groups is 1. The van der Waals surface area contributed by atoms with Crippen LogP contribution in [-0.2, 0) is 123 Å². The highest BCUT2D eigenvalue weighted by Crippen LogP contribution is 2.49. The third-order valence-electron chi connectivity index (χ3n) is 22.6. The number of nitrogens with zero attached hydrogens (tertiary/aromatic N) is 5. The van der Waals surface area contributed by atoms with E-state index in [-0.39, 0.29) is 133 Å². The Morgan fingerprint density at radius 3 is 2.06 bits per heavy atom. The summed E-state index contributed by atoms with van der Waals surface area (Å²) >= 11 is 6.87. The predicted molar refractivity (Wildman–Crippen MR) is 467 cm³/mol. The van der Waals surface area contributed by atoms with Crippen molar-refractivity contribution >= 4 is 93.4 Å². The molecular weight excluding hydrogens is 1640 g/mol. The zero-order valence-corrected chi connectivity index (χ0v) is 75.6. The molecule has 34 nitrogen and oxygen atoms in total. The molecule has 3 aliphatic heterocycles. The largest absolute Gasteiger partial charge is 0.457 e. The Morgan fingerprint density at radius 1 is 0.784 bits per heavy atom. The average Bonchev–Trinajstić information content (AvgIpc) is 1.57. The Hall–Kier alpha value is -9.30. The third-order valence-corrected chi connectivity index (χ3v) is 23.1. The number of methoxy groups -OCH3 is 1. The number of carbonyl (C=O) groups excluding carboxylic acids is 11. The van der Waals surface area contributed by atoms with E-state index in [0.29, 0.717) is 120 Å². The molecule has 4 bridgehead atoms. The van der Waals surface area contributed by atoms with E-state index in [0.717, 1.165) is 33.3 Å². The summed E-state index contributed by atoms with van der Waals surface area (Å²) in [7, 11) is 9.77. The summed E-state index contributed by atoms with van der Waals surface area (Å²) in [6.07, 6.45) is 1.34. The molecule has 4 aromatic rings. The second-order valence-electron chi connectivity index (χ2n) is 32.7. The minimum atomic E-state index is -1.89. The van der Waals surface area contributed by atoms with Gasteiger partial charge in [0.25, 0.3) is 0 Å². The van der Waals surface area contributed by atoms with E-state index in [1.807, 2.05) is 83.2 Å². The number of likely N-dealkylation sites (N-methyl/N-ethyl adjacent to an activating group) is 1. The number of hydrogen-bond acceptors (Lipinski definition) is 25. The molecule has 1 aromatic heterocycles. The first-order chi connectivity index (χ1) is 59.6. The highest BCUT2D eigenvalue weighted by Gasteiger charge is 2.64. The number of hydrogen-bond donors (Lipinski definition) is 7. The number of ether oxygens (including phenoxy) is 11. The van der Waals surface area contributed by atoms with Crippen molar-refractivity contribution in [2.75, 3.05) is 146 Å². The van der Waals surface area contributed by atoms with Gasteiger partial charge in [-0.25, -0.2) is 24.2 Å². The fourth-order valence-electron chi connectivity index (χ4n) is 14.7. The van der Waals surface area contributed by atoms with E-state index in [4.69, 9.17) is 69.4 Å². The molecule has 0 spiro atoms. The molecular formula is C90H132ClN11O23. The number of rotatable bonds is 52. The molecule has 8 N–H and O–H groups in total. The first-order valence-electron chi connectivity index (χ1n) is 43.0. The Kier molecular flexibility index (Phi) is 42.8. The zero-order valence-electron chi connectivity index (χ0n) is 74.8. The number of ketones is 3. The lowest BCUT2D eigenvalue weighted by atomic mass is 9.83. The number of carbonyl (C=O) groups is 11. The van der Waals surface area contributed by atoms with Crippen molar-refractivity contribution in [1.82, 2.24) is 46.1 Å². The summed E-state index contributed by atoms with van der Waals surface area (Å²) in [5, 5.41) is 26.0. The number of fused-ring (bicyclic) bond motifs is 6. The Morgan fingerprint density at radius 2 is 1.42 bits per heavy atom. The van der Waals surface area contributed by atoms with Crippen molar-refractivity contribution < 1.29 is 110 Å². The fraction of sp³-hybridized carbons (Fsp3) is 0.611. The molecule has 7 rings (SSSR count). The normalized spacial score (nSPS) is 20.4. The van der Waals surface area contributed by atoms with Crippen molar-refractivity contribution in [3.8, 4) is 0 Å². The van der Waals surface area contributed by atoms with Crippen molar-refractivity contribution in [2.24, 2.45) is 23.5 Å². The number of aliphatic hydroxyl groups is 1. The number of hydrazine groups is 1. The molecule has 125 heavy (non-hydrogen) atoms. The van der Waals surface area contributed by atoms with Gasteiger partial charge >= 0.3 is 24.2 Å². The van der Waals surface area contributed by atoms with Gasteiger partial charge in [-0.3, -0.25) is 44.3 Å². The quantitative estimate of drug-likeness (QED) is 0.00731. The van der Waals surface area contributed by atoms with Gasteiger partial charge < -0.3 is 98.2 Å². The van der Waals surface area contributed by atoms with Gasteiger partial charge in [0.2, 0.25) is 23.6 Å². The van der Waals surface area contributed by atoms with E-state index >= 15 is 0 Å². The van der Waals surface area contributed by atoms with Crippen LogP contribution in [0.4, 0.5) is 20.1 Å². The van der Waals surface area contributed by atoms with E-state index in [1.165, 1.54) is 42.8 Å². The van der Waals surface area contributed by atoms with Crippen molar-refractivity contribution in [3.05, 3.63) is 124 Å². The number of allylic oxidation sites excluding steroid dienone is 3. The number of esters is 1. The lowest BCUT2D eigenvalue weighted by Crippen LogP contribution is -2.63. The van der Waals surface area contributed by atoms with Gasteiger partial charge in [-0.15, -0.1) is 0 Å². The van der Waals surface area contributed by atoms with Gasteiger partial charge in [0.1, 0.15) is 42.3 Å². The zero-order chi connectivity index (χ0) is 91.3. The molecule has 1 unspecified atom stereocenters. The fourth-order valence-corrected chi connectivity index (χ4v) is 15.0.